The molecule has 0 saturated heterocycles. The quantitative estimate of drug-likeness (QED) is 0.470. The highest BCUT2D eigenvalue weighted by Crippen LogP contribution is 2.34. The number of ether oxygens (including phenoxy) is 2. The number of halogens is 1. The summed E-state index contributed by atoms with van der Waals surface area (Å²) in [4.78, 5) is 21.7. The summed E-state index contributed by atoms with van der Waals surface area (Å²) >= 11 is 3.18. The lowest BCUT2D eigenvalue weighted by Crippen LogP contribution is -2.19. The summed E-state index contributed by atoms with van der Waals surface area (Å²) in [6.45, 7) is 4.73. The molecular formula is C12H14BrNO5. The van der Waals surface area contributed by atoms with Crippen LogP contribution in [0.3, 0.4) is 0 Å². The molecular weight excluding hydrogens is 318 g/mol. The van der Waals surface area contributed by atoms with Crippen LogP contribution in [0.25, 0.3) is 0 Å². The molecule has 19 heavy (non-hydrogen) atoms. The van der Waals surface area contributed by atoms with Crippen molar-refractivity contribution in [1.29, 1.82) is 0 Å². The van der Waals surface area contributed by atoms with Gasteiger partial charge in [-0.15, -0.1) is 0 Å². The zero-order chi connectivity index (χ0) is 14.6. The first kappa shape index (κ1) is 15.4. The van der Waals surface area contributed by atoms with E-state index in [1.54, 1.807) is 26.8 Å². The summed E-state index contributed by atoms with van der Waals surface area (Å²) in [5.41, 5.74) is 0.377. The van der Waals surface area contributed by atoms with Crippen LogP contribution in [0.1, 0.15) is 19.4 Å². The van der Waals surface area contributed by atoms with Crippen LogP contribution >= 0.6 is 15.9 Å². The smallest absolute Gasteiger partial charge is 0.344 e. The highest BCUT2D eigenvalue weighted by atomic mass is 79.9. The van der Waals surface area contributed by atoms with E-state index in [1.807, 2.05) is 0 Å². The van der Waals surface area contributed by atoms with Crippen LogP contribution in [0.5, 0.6) is 5.75 Å². The first-order chi connectivity index (χ1) is 8.81. The van der Waals surface area contributed by atoms with Crippen LogP contribution in [0, 0.1) is 17.0 Å². The lowest BCUT2D eigenvalue weighted by Gasteiger charge is -2.11. The minimum atomic E-state index is -0.563. The van der Waals surface area contributed by atoms with Crippen molar-refractivity contribution in [2.75, 3.05) is 6.61 Å². The highest BCUT2D eigenvalue weighted by molar-refractivity contribution is 9.10. The molecule has 104 valence electrons. The Hall–Kier alpha value is -1.63. The Balaban J connectivity index is 2.89. The van der Waals surface area contributed by atoms with Gasteiger partial charge in [0.15, 0.2) is 6.61 Å². The number of aryl methyl sites for hydroxylation is 1. The van der Waals surface area contributed by atoms with Gasteiger partial charge < -0.3 is 9.47 Å². The molecule has 0 aliphatic rings. The third-order valence-corrected chi connectivity index (χ3v) is 2.58. The van der Waals surface area contributed by atoms with Gasteiger partial charge in [-0.1, -0.05) is 15.9 Å². The number of nitro benzene ring substituents is 1. The maximum atomic E-state index is 11.4. The first-order valence-corrected chi connectivity index (χ1v) is 6.37. The second kappa shape index (κ2) is 6.51. The summed E-state index contributed by atoms with van der Waals surface area (Å²) in [5.74, 6) is -0.486. The van der Waals surface area contributed by atoms with Gasteiger partial charge in [0.25, 0.3) is 0 Å². The summed E-state index contributed by atoms with van der Waals surface area (Å²) in [6, 6.07) is 3.01. The second-order valence-corrected chi connectivity index (χ2v) is 5.07. The fraction of sp³-hybridized carbons (Fsp3) is 0.417. The Morgan fingerprint density at radius 1 is 1.47 bits per heavy atom. The predicted molar refractivity (Wildman–Crippen MR) is 72.3 cm³/mol. The van der Waals surface area contributed by atoms with Crippen molar-refractivity contribution < 1.29 is 19.2 Å². The fourth-order valence-corrected chi connectivity index (χ4v) is 2.02. The number of esters is 1. The molecule has 6 nitrogen and oxygen atoms in total. The minimum absolute atomic E-state index is 0.0777. The summed E-state index contributed by atoms with van der Waals surface area (Å²) < 4.78 is 10.7. The van der Waals surface area contributed by atoms with Crippen LogP contribution in [0.15, 0.2) is 16.6 Å². The summed E-state index contributed by atoms with van der Waals surface area (Å²) in [7, 11) is 0. The first-order valence-electron chi connectivity index (χ1n) is 5.58. The molecule has 0 aromatic heterocycles. The van der Waals surface area contributed by atoms with Gasteiger partial charge in [-0.2, -0.15) is 0 Å². The van der Waals surface area contributed by atoms with Gasteiger partial charge in [0.2, 0.25) is 5.75 Å². The Morgan fingerprint density at radius 3 is 2.63 bits per heavy atom. The third-order valence-electron chi connectivity index (χ3n) is 2.12. The van der Waals surface area contributed by atoms with Crippen molar-refractivity contribution in [2.24, 2.45) is 0 Å². The number of hydrogen-bond acceptors (Lipinski definition) is 5. The van der Waals surface area contributed by atoms with E-state index in [2.05, 4.69) is 15.9 Å². The molecule has 0 amide bonds. The van der Waals surface area contributed by atoms with Gasteiger partial charge in [0.1, 0.15) is 0 Å². The number of hydrogen-bond donors (Lipinski definition) is 0. The Kier molecular flexibility index (Phi) is 5.29. The Labute approximate surface area is 119 Å². The van der Waals surface area contributed by atoms with Gasteiger partial charge in [-0.3, -0.25) is 10.1 Å². The van der Waals surface area contributed by atoms with Gasteiger partial charge in [0.05, 0.1) is 11.0 Å². The van der Waals surface area contributed by atoms with Crippen molar-refractivity contribution in [3.05, 3.63) is 32.3 Å². The molecule has 1 aromatic carbocycles. The maximum absolute atomic E-state index is 11.4. The molecule has 0 saturated carbocycles. The molecule has 7 heteroatoms. The second-order valence-electron chi connectivity index (χ2n) is 4.16. The van der Waals surface area contributed by atoms with Crippen molar-refractivity contribution in [1.82, 2.24) is 0 Å². The van der Waals surface area contributed by atoms with Gasteiger partial charge in [-0.25, -0.2) is 4.79 Å². The molecule has 0 unspecified atom stereocenters. The molecule has 1 aromatic rings. The molecule has 0 atom stereocenters. The number of rotatable bonds is 5. The summed E-state index contributed by atoms with van der Waals surface area (Å²) in [6.07, 6.45) is -0.253. The molecule has 0 heterocycles. The van der Waals surface area contributed by atoms with Crippen molar-refractivity contribution in [3.63, 3.8) is 0 Å². The van der Waals surface area contributed by atoms with Crippen LogP contribution in [-0.2, 0) is 9.53 Å². The number of nitrogens with zero attached hydrogens (tertiary/aromatic N) is 1. The molecule has 0 aliphatic heterocycles. The number of carbonyl (C=O) groups excluding carboxylic acids is 1. The van der Waals surface area contributed by atoms with E-state index >= 15 is 0 Å². The molecule has 0 N–H and O–H groups in total. The zero-order valence-electron chi connectivity index (χ0n) is 10.8. The van der Waals surface area contributed by atoms with Gasteiger partial charge in [-0.05, 0) is 32.4 Å². The van der Waals surface area contributed by atoms with E-state index in [4.69, 9.17) is 9.47 Å². The number of benzene rings is 1. The third kappa shape index (κ3) is 4.51. The topological polar surface area (TPSA) is 78.7 Å². The molecule has 1 rings (SSSR count). The molecule has 0 aliphatic carbocycles. The lowest BCUT2D eigenvalue weighted by atomic mass is 10.2. The normalized spacial score (nSPS) is 10.4. The van der Waals surface area contributed by atoms with E-state index in [1.165, 1.54) is 6.07 Å². The number of carbonyl (C=O) groups is 1. The predicted octanol–water partition coefficient (Wildman–Crippen LogP) is 3.00. The monoisotopic (exact) mass is 331 g/mol. The molecule has 0 bridgehead atoms. The van der Waals surface area contributed by atoms with Crippen LogP contribution in [-0.4, -0.2) is 23.6 Å². The summed E-state index contributed by atoms with van der Waals surface area (Å²) in [5, 5.41) is 10.9. The molecule has 0 radical (unpaired) electrons. The molecule has 0 spiro atoms. The number of nitro groups is 1. The fourth-order valence-electron chi connectivity index (χ4n) is 1.46. The van der Waals surface area contributed by atoms with Crippen molar-refractivity contribution in [2.45, 2.75) is 26.9 Å². The van der Waals surface area contributed by atoms with Crippen molar-refractivity contribution in [3.8, 4) is 5.75 Å². The average Bonchev–Trinajstić information content (AvgIpc) is 2.25. The van der Waals surface area contributed by atoms with Crippen LogP contribution in [0.2, 0.25) is 0 Å². The van der Waals surface area contributed by atoms with Crippen molar-refractivity contribution >= 4 is 27.6 Å². The lowest BCUT2D eigenvalue weighted by molar-refractivity contribution is -0.385. The van der Waals surface area contributed by atoms with Gasteiger partial charge in [0, 0.05) is 10.5 Å². The van der Waals surface area contributed by atoms with E-state index in [0.717, 1.165) is 0 Å². The minimum Gasteiger partial charge on any atom is -0.475 e. The molecule has 0 fully saturated rings. The van der Waals surface area contributed by atoms with E-state index < -0.39 is 10.9 Å². The SMILES string of the molecule is Cc1cc(Br)cc([N+](=O)[O-])c1OCC(=O)OC(C)C. The van der Waals surface area contributed by atoms with E-state index in [-0.39, 0.29) is 24.1 Å². The Bertz CT molecular complexity index is 501. The highest BCUT2D eigenvalue weighted by Gasteiger charge is 2.20. The standard InChI is InChI=1S/C12H14BrNO5/c1-7(2)19-11(15)6-18-12-8(3)4-9(13)5-10(12)14(16)17/h4-5,7H,6H2,1-3H3. The maximum Gasteiger partial charge on any atom is 0.344 e. The average molecular weight is 332 g/mol. The largest absolute Gasteiger partial charge is 0.475 e. The van der Waals surface area contributed by atoms with Crippen LogP contribution < -0.4 is 4.74 Å². The Morgan fingerprint density at radius 2 is 2.11 bits per heavy atom. The van der Waals surface area contributed by atoms with Crippen LogP contribution in [0.4, 0.5) is 5.69 Å². The van der Waals surface area contributed by atoms with E-state index in [9.17, 15) is 14.9 Å². The van der Waals surface area contributed by atoms with Gasteiger partial charge >= 0.3 is 11.7 Å². The zero-order valence-corrected chi connectivity index (χ0v) is 12.4. The van der Waals surface area contributed by atoms with E-state index in [0.29, 0.717) is 10.0 Å².